The lowest BCUT2D eigenvalue weighted by Gasteiger charge is -2.33. The van der Waals surface area contributed by atoms with Crippen molar-refractivity contribution in [1.29, 1.82) is 0 Å². The zero-order valence-corrected chi connectivity index (χ0v) is 12.3. The van der Waals surface area contributed by atoms with Crippen molar-refractivity contribution >= 4 is 17.5 Å². The molecule has 19 heavy (non-hydrogen) atoms. The van der Waals surface area contributed by atoms with Gasteiger partial charge in [-0.25, -0.2) is 0 Å². The molecule has 0 N–H and O–H groups in total. The molecule has 0 bridgehead atoms. The van der Waals surface area contributed by atoms with Crippen LogP contribution < -0.4 is 0 Å². The number of rotatable bonds is 4. The van der Waals surface area contributed by atoms with Crippen LogP contribution in [-0.2, 0) is 6.42 Å². The minimum Gasteiger partial charge on any atom is -0.338 e. The summed E-state index contributed by atoms with van der Waals surface area (Å²) >= 11 is 5.82. The molecular weight excluding hydrogens is 258 g/mol. The van der Waals surface area contributed by atoms with Gasteiger partial charge < -0.3 is 4.90 Å². The van der Waals surface area contributed by atoms with E-state index in [0.29, 0.717) is 11.8 Å². The summed E-state index contributed by atoms with van der Waals surface area (Å²) in [6, 6.07) is 7.95. The maximum Gasteiger partial charge on any atom is 0.254 e. The number of halogens is 1. The van der Waals surface area contributed by atoms with E-state index >= 15 is 0 Å². The number of alkyl halides is 1. The molecule has 3 heteroatoms. The number of hydrogen-bond donors (Lipinski definition) is 0. The monoisotopic (exact) mass is 279 g/mol. The fourth-order valence-electron chi connectivity index (χ4n) is 2.85. The van der Waals surface area contributed by atoms with Gasteiger partial charge in [0.15, 0.2) is 0 Å². The molecule has 2 rings (SSSR count). The fraction of sp³-hybridized carbons (Fsp3) is 0.562. The second-order valence-electron chi connectivity index (χ2n) is 5.25. The minimum atomic E-state index is 0.191. The van der Waals surface area contributed by atoms with E-state index in [9.17, 15) is 4.79 Å². The Labute approximate surface area is 120 Å². The van der Waals surface area contributed by atoms with Gasteiger partial charge in [-0.2, -0.15) is 0 Å². The zero-order chi connectivity index (χ0) is 13.7. The van der Waals surface area contributed by atoms with E-state index in [-0.39, 0.29) is 5.91 Å². The molecule has 1 aromatic rings. The van der Waals surface area contributed by atoms with E-state index in [4.69, 9.17) is 11.6 Å². The van der Waals surface area contributed by atoms with Gasteiger partial charge in [0, 0.05) is 24.5 Å². The number of piperidine rings is 1. The number of likely N-dealkylation sites (tertiary alicyclic amines) is 1. The van der Waals surface area contributed by atoms with Gasteiger partial charge in [0.25, 0.3) is 5.91 Å². The highest BCUT2D eigenvalue weighted by Crippen LogP contribution is 2.22. The summed E-state index contributed by atoms with van der Waals surface area (Å²) in [5.74, 6) is 1.46. The number of hydrogen-bond acceptors (Lipinski definition) is 1. The van der Waals surface area contributed by atoms with Crippen molar-refractivity contribution in [1.82, 2.24) is 4.90 Å². The number of aryl methyl sites for hydroxylation is 1. The maximum absolute atomic E-state index is 12.6. The van der Waals surface area contributed by atoms with Crippen LogP contribution in [0.2, 0.25) is 0 Å². The Bertz CT molecular complexity index is 431. The SMILES string of the molecule is CCc1ccccc1C(=O)N1CCCC(CCCl)C1. The molecule has 0 spiro atoms. The molecule has 1 heterocycles. The average Bonchev–Trinajstić information content (AvgIpc) is 2.47. The van der Waals surface area contributed by atoms with E-state index < -0.39 is 0 Å². The van der Waals surface area contributed by atoms with Crippen LogP contribution in [-0.4, -0.2) is 29.8 Å². The van der Waals surface area contributed by atoms with Gasteiger partial charge in [0.05, 0.1) is 0 Å². The molecule has 1 saturated heterocycles. The third-order valence-electron chi connectivity index (χ3n) is 3.95. The Morgan fingerprint density at radius 1 is 1.42 bits per heavy atom. The largest absolute Gasteiger partial charge is 0.338 e. The second kappa shape index (κ2) is 6.95. The van der Waals surface area contributed by atoms with Crippen molar-refractivity contribution in [2.24, 2.45) is 5.92 Å². The average molecular weight is 280 g/mol. The number of benzene rings is 1. The van der Waals surface area contributed by atoms with E-state index in [1.807, 2.05) is 29.2 Å². The zero-order valence-electron chi connectivity index (χ0n) is 11.6. The maximum atomic E-state index is 12.6. The number of nitrogens with zero attached hydrogens (tertiary/aromatic N) is 1. The van der Waals surface area contributed by atoms with Crippen molar-refractivity contribution in [3.8, 4) is 0 Å². The molecule has 1 fully saturated rings. The van der Waals surface area contributed by atoms with Gasteiger partial charge in [0.2, 0.25) is 0 Å². The van der Waals surface area contributed by atoms with Crippen molar-refractivity contribution in [3.63, 3.8) is 0 Å². The van der Waals surface area contributed by atoms with Gasteiger partial charge in [-0.3, -0.25) is 4.79 Å². The molecule has 2 nitrogen and oxygen atoms in total. The molecule has 1 atom stereocenters. The van der Waals surface area contributed by atoms with Crippen LogP contribution >= 0.6 is 11.6 Å². The predicted octanol–water partition coefficient (Wildman–Crippen LogP) is 3.73. The summed E-state index contributed by atoms with van der Waals surface area (Å²) in [4.78, 5) is 14.6. The smallest absolute Gasteiger partial charge is 0.254 e. The van der Waals surface area contributed by atoms with E-state index in [2.05, 4.69) is 6.92 Å². The van der Waals surface area contributed by atoms with Crippen LogP contribution in [0.5, 0.6) is 0 Å². The Hall–Kier alpha value is -1.02. The lowest BCUT2D eigenvalue weighted by Crippen LogP contribution is -2.40. The summed E-state index contributed by atoms with van der Waals surface area (Å²) in [6.07, 6.45) is 4.22. The summed E-state index contributed by atoms with van der Waals surface area (Å²) in [6.45, 7) is 3.85. The van der Waals surface area contributed by atoms with E-state index in [0.717, 1.165) is 43.5 Å². The van der Waals surface area contributed by atoms with E-state index in [1.54, 1.807) is 0 Å². The third kappa shape index (κ3) is 3.50. The van der Waals surface area contributed by atoms with Gasteiger partial charge in [-0.05, 0) is 43.2 Å². The summed E-state index contributed by atoms with van der Waals surface area (Å²) in [5.41, 5.74) is 2.02. The first-order valence-electron chi connectivity index (χ1n) is 7.19. The molecule has 0 aromatic heterocycles. The first kappa shape index (κ1) is 14.4. The molecule has 0 aliphatic carbocycles. The molecule has 104 valence electrons. The standard InChI is InChI=1S/C16H22ClNO/c1-2-14-7-3-4-8-15(14)16(19)18-11-5-6-13(12-18)9-10-17/h3-4,7-8,13H,2,5-6,9-12H2,1H3. The fourth-order valence-corrected chi connectivity index (χ4v) is 3.16. The van der Waals surface area contributed by atoms with Crippen molar-refractivity contribution in [2.75, 3.05) is 19.0 Å². The topological polar surface area (TPSA) is 20.3 Å². The van der Waals surface area contributed by atoms with Crippen LogP contribution in [0.15, 0.2) is 24.3 Å². The summed E-state index contributed by atoms with van der Waals surface area (Å²) < 4.78 is 0. The van der Waals surface area contributed by atoms with Crippen LogP contribution in [0.1, 0.15) is 42.1 Å². The first-order valence-corrected chi connectivity index (χ1v) is 7.72. The van der Waals surface area contributed by atoms with Crippen molar-refractivity contribution < 1.29 is 4.79 Å². The van der Waals surface area contributed by atoms with Crippen LogP contribution in [0.25, 0.3) is 0 Å². The third-order valence-corrected chi connectivity index (χ3v) is 4.17. The van der Waals surface area contributed by atoms with Crippen LogP contribution in [0.4, 0.5) is 0 Å². The lowest BCUT2D eigenvalue weighted by molar-refractivity contribution is 0.0670. The quantitative estimate of drug-likeness (QED) is 0.769. The summed E-state index contributed by atoms with van der Waals surface area (Å²) in [5, 5.41) is 0. The normalized spacial score (nSPS) is 19.5. The highest BCUT2D eigenvalue weighted by atomic mass is 35.5. The predicted molar refractivity (Wildman–Crippen MR) is 79.8 cm³/mol. The Balaban J connectivity index is 2.10. The highest BCUT2D eigenvalue weighted by Gasteiger charge is 2.24. The Morgan fingerprint density at radius 3 is 2.95 bits per heavy atom. The van der Waals surface area contributed by atoms with Gasteiger partial charge in [0.1, 0.15) is 0 Å². The Morgan fingerprint density at radius 2 is 2.21 bits per heavy atom. The van der Waals surface area contributed by atoms with Crippen molar-refractivity contribution in [2.45, 2.75) is 32.6 Å². The lowest BCUT2D eigenvalue weighted by atomic mass is 9.94. The summed E-state index contributed by atoms with van der Waals surface area (Å²) in [7, 11) is 0. The molecule has 1 aliphatic heterocycles. The molecule has 1 unspecified atom stereocenters. The van der Waals surface area contributed by atoms with Gasteiger partial charge in [-0.15, -0.1) is 11.6 Å². The second-order valence-corrected chi connectivity index (χ2v) is 5.63. The molecule has 1 aliphatic rings. The molecule has 0 radical (unpaired) electrons. The minimum absolute atomic E-state index is 0.191. The number of carbonyl (C=O) groups is 1. The molecular formula is C16H22ClNO. The van der Waals surface area contributed by atoms with E-state index in [1.165, 1.54) is 6.42 Å². The van der Waals surface area contributed by atoms with Gasteiger partial charge in [-0.1, -0.05) is 25.1 Å². The van der Waals surface area contributed by atoms with Crippen LogP contribution in [0.3, 0.4) is 0 Å². The van der Waals surface area contributed by atoms with Crippen molar-refractivity contribution in [3.05, 3.63) is 35.4 Å². The van der Waals surface area contributed by atoms with Crippen LogP contribution in [0, 0.1) is 5.92 Å². The highest BCUT2D eigenvalue weighted by molar-refractivity contribution is 6.17. The number of carbonyl (C=O) groups excluding carboxylic acids is 1. The molecule has 0 saturated carbocycles. The Kier molecular flexibility index (Phi) is 5.26. The first-order chi connectivity index (χ1) is 9.26. The molecule has 1 amide bonds. The number of amides is 1. The van der Waals surface area contributed by atoms with Gasteiger partial charge >= 0.3 is 0 Å². The molecule has 1 aromatic carbocycles.